The highest BCUT2D eigenvalue weighted by Crippen LogP contribution is 2.66. The molecule has 1 aliphatic carbocycles. The summed E-state index contributed by atoms with van der Waals surface area (Å²) in [7, 11) is 3.21. The van der Waals surface area contributed by atoms with Gasteiger partial charge in [-0.25, -0.2) is 14.8 Å². The van der Waals surface area contributed by atoms with Gasteiger partial charge in [0, 0.05) is 123 Å². The number of carbonyl (C=O) groups is 5. The third-order valence-electron chi connectivity index (χ3n) is 17.8. The van der Waals surface area contributed by atoms with Gasteiger partial charge in [-0.05, 0) is 80.9 Å². The molecule has 11 rings (SSSR count). The Labute approximate surface area is 445 Å². The van der Waals surface area contributed by atoms with Crippen molar-refractivity contribution in [2.45, 2.75) is 110 Å². The fourth-order valence-corrected chi connectivity index (χ4v) is 14.8. The molecule has 0 N–H and O–H groups in total. The number of esters is 1. The summed E-state index contributed by atoms with van der Waals surface area (Å²) in [5.41, 5.74) is 1.70. The van der Waals surface area contributed by atoms with Crippen LogP contribution in [0.2, 0.25) is 0 Å². The molecule has 4 unspecified atom stereocenters. The number of thiazole rings is 1. The van der Waals surface area contributed by atoms with Crippen molar-refractivity contribution in [2.24, 2.45) is 34.0 Å². The number of methoxy groups -OCH3 is 1. The summed E-state index contributed by atoms with van der Waals surface area (Å²) >= 11 is 1.41. The molecule has 6 aliphatic heterocycles. The van der Waals surface area contributed by atoms with E-state index in [0.29, 0.717) is 115 Å². The molecule has 3 aromatic heterocycles. The number of hydrogen-bond acceptors (Lipinski definition) is 11. The van der Waals surface area contributed by atoms with E-state index in [1.54, 1.807) is 57.1 Å². The van der Waals surface area contributed by atoms with Crippen molar-refractivity contribution < 1.29 is 46.6 Å². The van der Waals surface area contributed by atoms with Crippen molar-refractivity contribution in [3.63, 3.8) is 0 Å². The Kier molecular flexibility index (Phi) is 13.0. The third-order valence-corrected chi connectivity index (χ3v) is 18.7. The number of alkyl halides is 3. The van der Waals surface area contributed by atoms with Gasteiger partial charge in [-0.2, -0.15) is 13.2 Å². The zero-order valence-electron chi connectivity index (χ0n) is 44.4. The van der Waals surface area contributed by atoms with Gasteiger partial charge in [0.2, 0.25) is 17.7 Å². The Balaban J connectivity index is 0.954. The second kappa shape index (κ2) is 19.0. The van der Waals surface area contributed by atoms with Gasteiger partial charge in [0.25, 0.3) is 0 Å². The summed E-state index contributed by atoms with van der Waals surface area (Å²) in [6, 6.07) is 7.10. The van der Waals surface area contributed by atoms with Gasteiger partial charge in [0.05, 0.1) is 52.2 Å². The topological polar surface area (TPSA) is 154 Å². The van der Waals surface area contributed by atoms with E-state index in [1.165, 1.54) is 29.1 Å². The smallest absolute Gasteiger partial charge is 0.406 e. The van der Waals surface area contributed by atoms with Crippen LogP contribution in [0, 0.1) is 34.0 Å². The van der Waals surface area contributed by atoms with Crippen LogP contribution in [0.3, 0.4) is 0 Å². The molecule has 1 aromatic carbocycles. The molecule has 20 heteroatoms. The lowest BCUT2D eigenvalue weighted by atomic mass is 9.79. The Morgan fingerprint density at radius 3 is 2.50 bits per heavy atom. The van der Waals surface area contributed by atoms with Crippen molar-refractivity contribution in [3.8, 4) is 22.5 Å². The number of amides is 5. The number of hydrogen-bond donors (Lipinski definition) is 0. The van der Waals surface area contributed by atoms with E-state index in [9.17, 15) is 27.6 Å². The highest BCUT2D eigenvalue weighted by Gasteiger charge is 2.80. The van der Waals surface area contributed by atoms with Gasteiger partial charge in [0.1, 0.15) is 12.6 Å². The quantitative estimate of drug-likeness (QED) is 0.127. The summed E-state index contributed by atoms with van der Waals surface area (Å²) in [6.45, 7) is 15.4. The first-order valence-corrected chi connectivity index (χ1v) is 27.6. The SMILES string of the molecule is C=CC(=O)N1CCC2(C1)CN(C(=O)N(C)[C@H](C(=O)N1CC3C1C31Cc3nc(cs3)-c3ccc4c(c3)c(c(-c3cccnc3[C@H](C)OC)n4CC(F)(F)F)CC(C)(C)COC(=O)[C@@H]3CCCN(C1=O)N1CCC31)C(C)C)C2. The molecule has 1 saturated carbocycles. The molecule has 4 aromatic rings. The Bertz CT molecular complexity index is 3020. The minimum absolute atomic E-state index is 0.00308. The van der Waals surface area contributed by atoms with Crippen LogP contribution in [0.5, 0.6) is 0 Å². The fourth-order valence-electron chi connectivity index (χ4n) is 13.8. The van der Waals surface area contributed by atoms with E-state index in [0.717, 1.165) is 6.42 Å². The second-order valence-electron chi connectivity index (χ2n) is 23.8. The van der Waals surface area contributed by atoms with Crippen LogP contribution < -0.4 is 0 Å². The number of cyclic esters (lactones) is 1. The number of nitrogens with zero attached hydrogens (tertiary/aromatic N) is 9. The number of hydrazine groups is 1. The molecule has 6 fully saturated rings. The lowest BCUT2D eigenvalue weighted by Gasteiger charge is -2.50. The second-order valence-corrected chi connectivity index (χ2v) is 24.7. The van der Waals surface area contributed by atoms with E-state index >= 15 is 9.59 Å². The normalized spacial score (nSPS) is 26.7. The first kappa shape index (κ1) is 52.2. The van der Waals surface area contributed by atoms with Gasteiger partial charge in [-0.3, -0.25) is 29.2 Å². The van der Waals surface area contributed by atoms with Crippen LogP contribution in [0.25, 0.3) is 33.4 Å². The summed E-state index contributed by atoms with van der Waals surface area (Å²) in [5, 5.41) is 7.08. The third kappa shape index (κ3) is 8.68. The van der Waals surface area contributed by atoms with Crippen LogP contribution in [0.1, 0.15) is 82.7 Å². The zero-order chi connectivity index (χ0) is 54.0. The van der Waals surface area contributed by atoms with Gasteiger partial charge in [0.15, 0.2) is 0 Å². The molecular weight excluding hydrogens is 1000 g/mol. The van der Waals surface area contributed by atoms with E-state index in [1.807, 2.05) is 56.1 Å². The number of halogens is 3. The maximum absolute atomic E-state index is 15.7. The van der Waals surface area contributed by atoms with Gasteiger partial charge < -0.3 is 33.6 Å². The molecular formula is C56H68F3N9O7S. The summed E-state index contributed by atoms with van der Waals surface area (Å²) in [6.07, 6.45) is 0.820. The minimum atomic E-state index is -4.58. The number of ether oxygens (including phenoxy) is 2. The van der Waals surface area contributed by atoms with E-state index in [4.69, 9.17) is 14.5 Å². The largest absolute Gasteiger partial charge is 0.465 e. The first-order chi connectivity index (χ1) is 36.1. The van der Waals surface area contributed by atoms with E-state index in [2.05, 4.69) is 11.6 Å². The number of likely N-dealkylation sites (tertiary alicyclic amines) is 3. The van der Waals surface area contributed by atoms with Gasteiger partial charge in [-0.1, -0.05) is 40.3 Å². The van der Waals surface area contributed by atoms with Gasteiger partial charge >= 0.3 is 18.2 Å². The van der Waals surface area contributed by atoms with Gasteiger partial charge in [-0.15, -0.1) is 11.3 Å². The average molecular weight is 1070 g/mol. The maximum atomic E-state index is 15.7. The summed E-state index contributed by atoms with van der Waals surface area (Å²) in [4.78, 5) is 88.3. The Morgan fingerprint density at radius 1 is 1.04 bits per heavy atom. The molecule has 16 nitrogen and oxygen atoms in total. The number of benzene rings is 1. The number of likely N-dealkylation sites (N-methyl/N-ethyl adjacent to an activating group) is 1. The van der Waals surface area contributed by atoms with E-state index in [-0.39, 0.29) is 72.5 Å². The minimum Gasteiger partial charge on any atom is -0.465 e. The summed E-state index contributed by atoms with van der Waals surface area (Å²) < 4.78 is 57.8. The molecule has 2 spiro atoms. The molecule has 7 aliphatic rings. The number of aromatic nitrogens is 3. The van der Waals surface area contributed by atoms with E-state index < -0.39 is 47.7 Å². The van der Waals surface area contributed by atoms with Crippen molar-refractivity contribution in [1.29, 1.82) is 0 Å². The van der Waals surface area contributed by atoms with Crippen LogP contribution in [-0.2, 0) is 48.0 Å². The van der Waals surface area contributed by atoms with Crippen molar-refractivity contribution in [1.82, 2.24) is 44.2 Å². The average Bonchev–Trinajstić information content (AvgIpc) is 3.84. The summed E-state index contributed by atoms with van der Waals surface area (Å²) in [5.74, 6) is -1.75. The molecule has 6 bridgehead atoms. The lowest BCUT2D eigenvalue weighted by molar-refractivity contribution is -0.182. The van der Waals surface area contributed by atoms with Crippen LogP contribution in [0.15, 0.2) is 54.6 Å². The molecule has 406 valence electrons. The predicted octanol–water partition coefficient (Wildman–Crippen LogP) is 7.62. The Hall–Kier alpha value is -5.86. The first-order valence-electron chi connectivity index (χ1n) is 26.7. The van der Waals surface area contributed by atoms with Crippen molar-refractivity contribution in [2.75, 3.05) is 66.6 Å². The monoisotopic (exact) mass is 1070 g/mol. The molecule has 5 amide bonds. The van der Waals surface area contributed by atoms with Crippen molar-refractivity contribution in [3.05, 3.63) is 70.8 Å². The fraction of sp³-hybridized carbons (Fsp3) is 0.589. The molecule has 7 atom stereocenters. The predicted molar refractivity (Wildman–Crippen MR) is 278 cm³/mol. The van der Waals surface area contributed by atoms with Crippen LogP contribution in [-0.4, -0.2) is 165 Å². The molecule has 5 saturated heterocycles. The zero-order valence-corrected chi connectivity index (χ0v) is 45.2. The highest BCUT2D eigenvalue weighted by atomic mass is 32.1. The number of carbonyl (C=O) groups excluding carboxylic acids is 5. The van der Waals surface area contributed by atoms with Crippen molar-refractivity contribution >= 4 is 52.0 Å². The molecule has 0 radical (unpaired) electrons. The van der Waals surface area contributed by atoms with Crippen LogP contribution in [0.4, 0.5) is 18.0 Å². The molecule has 9 heterocycles. The highest BCUT2D eigenvalue weighted by molar-refractivity contribution is 7.10. The number of pyridine rings is 1. The number of fused-ring (bicyclic) bond motifs is 7. The van der Waals surface area contributed by atoms with Crippen LogP contribution >= 0.6 is 11.3 Å². The lowest BCUT2D eigenvalue weighted by Crippen LogP contribution is -2.65. The maximum Gasteiger partial charge on any atom is 0.406 e. The molecule has 76 heavy (non-hydrogen) atoms. The number of urea groups is 1. The Morgan fingerprint density at radius 2 is 1.80 bits per heavy atom. The standard InChI is InChI=1S/C56H68F3N9O7S/c1-9-44(69)63-21-17-54(27-63)28-64(29-54)52(73)62(7)46(32(2)3)49(70)65-25-39-48(65)55(39)24-43-61-40(26-76-43)34-14-15-41-37(22-34)38(47(66(41)30-56(57,58)59)36-12-10-18-60-45(36)33(4)74-8)23-53(5,6)31-75-50(71)35-13-11-19-68(51(55)72)67-20-16-42(35)67/h9-10,12,14-15,18,22,26,32-33,35,39,42,46,48H,1,11,13,16-17,19-21,23-25,27-31H2,2-8H3/t33-,35+,39?,42?,46-,48?,55?/m0/s1. The number of rotatable bonds is 8.